The molecule has 1 unspecified atom stereocenters. The van der Waals surface area contributed by atoms with E-state index in [1.165, 1.54) is 12.5 Å². The molecule has 1 fully saturated rings. The summed E-state index contributed by atoms with van der Waals surface area (Å²) in [7, 11) is 3.58. The van der Waals surface area contributed by atoms with Gasteiger partial charge in [0.15, 0.2) is 0 Å². The van der Waals surface area contributed by atoms with Gasteiger partial charge in [-0.3, -0.25) is 0 Å². The van der Waals surface area contributed by atoms with Crippen LogP contribution >= 0.6 is 11.6 Å². The maximum absolute atomic E-state index is 14.2. The van der Waals surface area contributed by atoms with Crippen molar-refractivity contribution in [3.8, 4) is 0 Å². The lowest BCUT2D eigenvalue weighted by Crippen LogP contribution is -2.46. The number of nitrogens with one attached hydrogen (secondary N) is 1. The summed E-state index contributed by atoms with van der Waals surface area (Å²) in [6, 6.07) is 4.72. The van der Waals surface area contributed by atoms with E-state index in [1.807, 2.05) is 7.05 Å². The highest BCUT2D eigenvalue weighted by molar-refractivity contribution is 6.30. The summed E-state index contributed by atoms with van der Waals surface area (Å²) in [5.41, 5.74) is 0.317. The maximum atomic E-state index is 14.2. The summed E-state index contributed by atoms with van der Waals surface area (Å²) in [5.74, 6) is -0.270. The van der Waals surface area contributed by atoms with Gasteiger partial charge < -0.3 is 10.1 Å². The van der Waals surface area contributed by atoms with E-state index in [1.54, 1.807) is 19.2 Å². The van der Waals surface area contributed by atoms with Gasteiger partial charge in [-0.2, -0.15) is 0 Å². The molecule has 1 atom stereocenters. The van der Waals surface area contributed by atoms with Crippen LogP contribution in [0.2, 0.25) is 5.02 Å². The molecular weight excluding hydrogens is 265 g/mol. The highest BCUT2D eigenvalue weighted by Gasteiger charge is 2.41. The molecule has 0 bridgehead atoms. The second-order valence-electron chi connectivity index (χ2n) is 5.22. The molecule has 0 aromatic heterocycles. The molecule has 2 rings (SSSR count). The largest absolute Gasteiger partial charge is 0.376 e. The lowest BCUT2D eigenvalue weighted by molar-refractivity contribution is -0.0678. The zero-order chi connectivity index (χ0) is 13.9. The van der Waals surface area contributed by atoms with Crippen LogP contribution < -0.4 is 5.32 Å². The first kappa shape index (κ1) is 14.8. The van der Waals surface area contributed by atoms with Crippen LogP contribution in [0.5, 0.6) is 0 Å². The molecule has 2 nitrogen and oxygen atoms in total. The SMILES string of the molecule is CNC(c1ccc(Cl)cc1F)C1(OC)CCCCC1. The average molecular weight is 286 g/mol. The molecule has 0 spiro atoms. The van der Waals surface area contributed by atoms with Crippen LogP contribution in [0.15, 0.2) is 18.2 Å². The number of methoxy groups -OCH3 is 1. The van der Waals surface area contributed by atoms with Gasteiger partial charge in [-0.25, -0.2) is 4.39 Å². The monoisotopic (exact) mass is 285 g/mol. The molecule has 1 aliphatic carbocycles. The molecule has 106 valence electrons. The smallest absolute Gasteiger partial charge is 0.129 e. The summed E-state index contributed by atoms with van der Waals surface area (Å²) < 4.78 is 20.0. The van der Waals surface area contributed by atoms with Crippen LogP contribution in [0.4, 0.5) is 4.39 Å². The van der Waals surface area contributed by atoms with Crippen molar-refractivity contribution in [2.75, 3.05) is 14.2 Å². The van der Waals surface area contributed by atoms with Crippen molar-refractivity contribution in [2.45, 2.75) is 43.7 Å². The third-order valence-electron chi connectivity index (χ3n) is 4.19. The van der Waals surface area contributed by atoms with Crippen molar-refractivity contribution in [1.82, 2.24) is 5.32 Å². The maximum Gasteiger partial charge on any atom is 0.129 e. The van der Waals surface area contributed by atoms with Gasteiger partial charge in [0.1, 0.15) is 5.82 Å². The van der Waals surface area contributed by atoms with Crippen LogP contribution in [-0.4, -0.2) is 19.8 Å². The van der Waals surface area contributed by atoms with Crippen LogP contribution in [0.25, 0.3) is 0 Å². The lowest BCUT2D eigenvalue weighted by Gasteiger charge is -2.42. The summed E-state index contributed by atoms with van der Waals surface area (Å²) in [5, 5.41) is 3.65. The minimum Gasteiger partial charge on any atom is -0.376 e. The Morgan fingerprint density at radius 1 is 1.32 bits per heavy atom. The van der Waals surface area contributed by atoms with Crippen LogP contribution in [0, 0.1) is 5.82 Å². The first-order valence-electron chi connectivity index (χ1n) is 6.80. The topological polar surface area (TPSA) is 21.3 Å². The van der Waals surface area contributed by atoms with E-state index in [9.17, 15) is 4.39 Å². The third kappa shape index (κ3) is 2.93. The summed E-state index contributed by atoms with van der Waals surface area (Å²) in [4.78, 5) is 0. The first-order valence-corrected chi connectivity index (χ1v) is 7.18. The van der Waals surface area contributed by atoms with Gasteiger partial charge in [0.05, 0.1) is 11.6 Å². The number of benzene rings is 1. The van der Waals surface area contributed by atoms with Crippen LogP contribution in [-0.2, 0) is 4.74 Å². The number of hydrogen-bond acceptors (Lipinski definition) is 2. The van der Waals surface area contributed by atoms with Crippen molar-refractivity contribution in [1.29, 1.82) is 0 Å². The predicted molar refractivity (Wildman–Crippen MR) is 76.0 cm³/mol. The molecule has 0 heterocycles. The molecule has 0 aliphatic heterocycles. The number of hydrogen-bond donors (Lipinski definition) is 1. The minimum absolute atomic E-state index is 0.143. The molecule has 0 saturated heterocycles. The molecule has 1 aliphatic rings. The Morgan fingerprint density at radius 2 is 2.00 bits per heavy atom. The van der Waals surface area contributed by atoms with Gasteiger partial charge >= 0.3 is 0 Å². The summed E-state index contributed by atoms with van der Waals surface area (Å²) in [6.45, 7) is 0. The Labute approximate surface area is 119 Å². The number of halogens is 2. The summed E-state index contributed by atoms with van der Waals surface area (Å²) in [6.07, 6.45) is 5.39. The molecule has 0 amide bonds. The normalized spacial score (nSPS) is 20.2. The molecule has 19 heavy (non-hydrogen) atoms. The predicted octanol–water partition coefficient (Wildman–Crippen LogP) is 4.09. The van der Waals surface area contributed by atoms with Gasteiger partial charge in [0, 0.05) is 17.7 Å². The van der Waals surface area contributed by atoms with Crippen molar-refractivity contribution in [3.05, 3.63) is 34.6 Å². The van der Waals surface area contributed by atoms with E-state index >= 15 is 0 Å². The Balaban J connectivity index is 2.36. The Bertz CT molecular complexity index is 432. The van der Waals surface area contributed by atoms with Crippen LogP contribution in [0.1, 0.15) is 43.7 Å². The van der Waals surface area contributed by atoms with E-state index in [-0.39, 0.29) is 17.5 Å². The number of ether oxygens (including phenoxy) is 1. The fourth-order valence-electron chi connectivity index (χ4n) is 3.20. The highest BCUT2D eigenvalue weighted by atomic mass is 35.5. The molecule has 1 saturated carbocycles. The lowest BCUT2D eigenvalue weighted by atomic mass is 9.76. The zero-order valence-electron chi connectivity index (χ0n) is 11.5. The van der Waals surface area contributed by atoms with E-state index in [0.29, 0.717) is 10.6 Å². The van der Waals surface area contributed by atoms with Crippen molar-refractivity contribution >= 4 is 11.6 Å². The molecule has 0 radical (unpaired) electrons. The average Bonchev–Trinajstić information content (AvgIpc) is 2.43. The molecule has 1 aromatic carbocycles. The molecule has 1 N–H and O–H groups in total. The first-order chi connectivity index (χ1) is 9.13. The van der Waals surface area contributed by atoms with Gasteiger partial charge in [-0.1, -0.05) is 36.9 Å². The quantitative estimate of drug-likeness (QED) is 0.900. The zero-order valence-corrected chi connectivity index (χ0v) is 12.3. The molecular formula is C15H21ClFNO. The Hall–Kier alpha value is -0.640. The molecule has 4 heteroatoms. The van der Waals surface area contributed by atoms with Crippen molar-refractivity contribution in [2.24, 2.45) is 0 Å². The van der Waals surface area contributed by atoms with Gasteiger partial charge in [-0.05, 0) is 32.0 Å². The standard InChI is InChI=1S/C15H21ClFNO/c1-18-14(12-7-6-11(16)10-13(12)17)15(19-2)8-4-3-5-9-15/h6-7,10,14,18H,3-5,8-9H2,1-2H3. The fourth-order valence-corrected chi connectivity index (χ4v) is 3.36. The number of likely N-dealkylation sites (N-methyl/N-ethyl adjacent to an activating group) is 1. The minimum atomic E-state index is -0.318. The van der Waals surface area contributed by atoms with Crippen LogP contribution in [0.3, 0.4) is 0 Å². The highest BCUT2D eigenvalue weighted by Crippen LogP contribution is 2.41. The fraction of sp³-hybridized carbons (Fsp3) is 0.600. The van der Waals surface area contributed by atoms with Crippen molar-refractivity contribution < 1.29 is 9.13 Å². The van der Waals surface area contributed by atoms with E-state index < -0.39 is 0 Å². The van der Waals surface area contributed by atoms with E-state index in [4.69, 9.17) is 16.3 Å². The van der Waals surface area contributed by atoms with Gasteiger partial charge in [0.2, 0.25) is 0 Å². The summed E-state index contributed by atoms with van der Waals surface area (Å²) >= 11 is 5.83. The second kappa shape index (κ2) is 6.21. The Morgan fingerprint density at radius 3 is 2.53 bits per heavy atom. The van der Waals surface area contributed by atoms with Crippen molar-refractivity contribution in [3.63, 3.8) is 0 Å². The molecule has 1 aromatic rings. The third-order valence-corrected chi connectivity index (χ3v) is 4.43. The Kier molecular flexibility index (Phi) is 4.82. The van der Waals surface area contributed by atoms with E-state index in [0.717, 1.165) is 25.7 Å². The van der Waals surface area contributed by atoms with E-state index in [2.05, 4.69) is 5.32 Å². The second-order valence-corrected chi connectivity index (χ2v) is 5.65. The van der Waals surface area contributed by atoms with Gasteiger partial charge in [0.25, 0.3) is 0 Å². The number of rotatable bonds is 4. The van der Waals surface area contributed by atoms with Gasteiger partial charge in [-0.15, -0.1) is 0 Å².